The zero-order valence-corrected chi connectivity index (χ0v) is 16.2. The first-order valence-electron chi connectivity index (χ1n) is 7.62. The molecule has 0 radical (unpaired) electrons. The van der Waals surface area contributed by atoms with Gasteiger partial charge in [0, 0.05) is 10.6 Å². The summed E-state index contributed by atoms with van der Waals surface area (Å²) in [7, 11) is 0. The third kappa shape index (κ3) is 4.55. The van der Waals surface area contributed by atoms with Crippen molar-refractivity contribution < 1.29 is 14.3 Å². The average Bonchev–Trinajstić information content (AvgIpc) is 2.56. The van der Waals surface area contributed by atoms with Crippen LogP contribution in [0.15, 0.2) is 36.4 Å². The van der Waals surface area contributed by atoms with Crippen LogP contribution >= 0.6 is 34.8 Å². The summed E-state index contributed by atoms with van der Waals surface area (Å²) < 4.78 is 5.75. The largest absolute Gasteiger partial charge is 0.482 e. The van der Waals surface area contributed by atoms with E-state index in [0.717, 1.165) is 11.1 Å². The van der Waals surface area contributed by atoms with E-state index < -0.39 is 23.0 Å². The molecule has 0 aromatic heterocycles. The molecule has 132 valence electrons. The van der Waals surface area contributed by atoms with Crippen LogP contribution in [0.2, 0.25) is 10.0 Å². The topological polar surface area (TPSA) is 43.4 Å². The Balaban J connectivity index is 2.17. The van der Waals surface area contributed by atoms with Crippen LogP contribution in [0.25, 0.3) is 0 Å². The van der Waals surface area contributed by atoms with Gasteiger partial charge in [-0.1, -0.05) is 41.4 Å². The Morgan fingerprint density at radius 3 is 2.20 bits per heavy atom. The lowest BCUT2D eigenvalue weighted by Crippen LogP contribution is -2.36. The Hall–Kier alpha value is -1.55. The molecule has 2 aromatic carbocycles. The molecule has 0 bridgehead atoms. The number of carbonyl (C=O) groups excluding carboxylic acids is 2. The Morgan fingerprint density at radius 2 is 1.64 bits per heavy atom. The SMILES string of the molecule is Cc1cccc(C)c1OC(C)C(=O)C(Cl)C(=O)c1ccc(Cl)cc1Cl. The van der Waals surface area contributed by atoms with Gasteiger partial charge in [0.15, 0.2) is 23.0 Å². The van der Waals surface area contributed by atoms with Crippen LogP contribution in [0, 0.1) is 13.8 Å². The van der Waals surface area contributed by atoms with E-state index in [2.05, 4.69) is 0 Å². The number of carbonyl (C=O) groups is 2. The average molecular weight is 400 g/mol. The van der Waals surface area contributed by atoms with E-state index >= 15 is 0 Å². The quantitative estimate of drug-likeness (QED) is 0.369. The fourth-order valence-corrected chi connectivity index (χ4v) is 3.18. The highest BCUT2D eigenvalue weighted by Gasteiger charge is 2.31. The van der Waals surface area contributed by atoms with E-state index in [1.54, 1.807) is 6.92 Å². The molecule has 25 heavy (non-hydrogen) atoms. The third-order valence-corrected chi connectivity index (χ3v) is 4.74. The van der Waals surface area contributed by atoms with Gasteiger partial charge in [-0.2, -0.15) is 0 Å². The molecule has 2 atom stereocenters. The van der Waals surface area contributed by atoms with Crippen LogP contribution in [0.1, 0.15) is 28.4 Å². The van der Waals surface area contributed by atoms with Gasteiger partial charge in [0.25, 0.3) is 0 Å². The number of alkyl halides is 1. The molecule has 0 N–H and O–H groups in total. The van der Waals surface area contributed by atoms with Gasteiger partial charge in [-0.25, -0.2) is 0 Å². The monoisotopic (exact) mass is 398 g/mol. The van der Waals surface area contributed by atoms with Gasteiger partial charge in [0.05, 0.1) is 5.02 Å². The minimum Gasteiger partial charge on any atom is -0.482 e. The second-order valence-corrected chi connectivity index (χ2v) is 7.01. The number of halogens is 3. The summed E-state index contributed by atoms with van der Waals surface area (Å²) in [5.41, 5.74) is 1.95. The molecule has 0 saturated heterocycles. The molecule has 2 rings (SSSR count). The van der Waals surface area contributed by atoms with Crippen LogP contribution < -0.4 is 4.74 Å². The van der Waals surface area contributed by atoms with Crippen molar-refractivity contribution in [2.45, 2.75) is 32.3 Å². The summed E-state index contributed by atoms with van der Waals surface area (Å²) >= 11 is 17.9. The Morgan fingerprint density at radius 1 is 1.04 bits per heavy atom. The lowest BCUT2D eigenvalue weighted by Gasteiger charge is -2.19. The van der Waals surface area contributed by atoms with Gasteiger partial charge < -0.3 is 4.74 Å². The maximum absolute atomic E-state index is 12.5. The molecule has 0 aliphatic rings. The smallest absolute Gasteiger partial charge is 0.198 e. The maximum Gasteiger partial charge on any atom is 0.198 e. The number of para-hydroxylation sites is 1. The number of aryl methyl sites for hydroxylation is 2. The normalized spacial score (nSPS) is 13.2. The summed E-state index contributed by atoms with van der Waals surface area (Å²) in [5, 5.41) is -0.844. The van der Waals surface area contributed by atoms with Crippen LogP contribution in [-0.4, -0.2) is 23.0 Å². The van der Waals surface area contributed by atoms with Crippen LogP contribution in [0.3, 0.4) is 0 Å². The molecule has 0 amide bonds. The van der Waals surface area contributed by atoms with Crippen molar-refractivity contribution in [1.82, 2.24) is 0 Å². The van der Waals surface area contributed by atoms with E-state index in [9.17, 15) is 9.59 Å². The standard InChI is InChI=1S/C19H17Cl3O3/c1-10-5-4-6-11(2)19(10)25-12(3)17(23)16(22)18(24)14-8-7-13(20)9-15(14)21/h4-9,12,16H,1-3H3. The number of ether oxygens (including phenoxy) is 1. The number of rotatable bonds is 6. The van der Waals surface area contributed by atoms with E-state index in [4.69, 9.17) is 39.5 Å². The van der Waals surface area contributed by atoms with Crippen molar-refractivity contribution in [3.63, 3.8) is 0 Å². The molecule has 2 aromatic rings. The summed E-state index contributed by atoms with van der Waals surface area (Å²) in [6.45, 7) is 5.34. The molecule has 2 unspecified atom stereocenters. The minimum atomic E-state index is -1.39. The van der Waals surface area contributed by atoms with Crippen LogP contribution in [0.5, 0.6) is 5.75 Å². The summed E-state index contributed by atoms with van der Waals surface area (Å²) in [5.74, 6) is -0.491. The number of benzene rings is 2. The van der Waals surface area contributed by atoms with Gasteiger partial charge in [-0.05, 0) is 50.1 Å². The van der Waals surface area contributed by atoms with Gasteiger partial charge in [0.1, 0.15) is 5.75 Å². The Labute approximate surface area is 161 Å². The first-order chi connectivity index (χ1) is 11.7. The fraction of sp³-hybridized carbons (Fsp3) is 0.263. The molecular formula is C19H17Cl3O3. The highest BCUT2D eigenvalue weighted by molar-refractivity contribution is 6.47. The molecule has 0 aliphatic heterocycles. The van der Waals surface area contributed by atoms with Gasteiger partial charge in [-0.3, -0.25) is 9.59 Å². The summed E-state index contributed by atoms with van der Waals surface area (Å²) in [6.07, 6.45) is -0.877. The van der Waals surface area contributed by atoms with Crippen molar-refractivity contribution in [3.05, 3.63) is 63.1 Å². The second-order valence-electron chi connectivity index (χ2n) is 5.73. The highest BCUT2D eigenvalue weighted by atomic mass is 35.5. The molecule has 6 heteroatoms. The van der Waals surface area contributed by atoms with Gasteiger partial charge >= 0.3 is 0 Å². The molecule has 0 aliphatic carbocycles. The van der Waals surface area contributed by atoms with Crippen molar-refractivity contribution in [2.24, 2.45) is 0 Å². The summed E-state index contributed by atoms with van der Waals surface area (Å²) in [4.78, 5) is 25.0. The Bertz CT molecular complexity index is 797. The molecule has 0 heterocycles. The molecule has 0 fully saturated rings. The number of hydrogen-bond acceptors (Lipinski definition) is 3. The van der Waals surface area contributed by atoms with E-state index in [1.807, 2.05) is 32.0 Å². The Kier molecular flexibility index (Phi) is 6.50. The van der Waals surface area contributed by atoms with Crippen molar-refractivity contribution in [1.29, 1.82) is 0 Å². The molecular weight excluding hydrogens is 383 g/mol. The lowest BCUT2D eigenvalue weighted by molar-refractivity contribution is -0.123. The number of hydrogen-bond donors (Lipinski definition) is 0. The van der Waals surface area contributed by atoms with Crippen molar-refractivity contribution >= 4 is 46.4 Å². The van der Waals surface area contributed by atoms with Crippen LogP contribution in [-0.2, 0) is 4.79 Å². The van der Waals surface area contributed by atoms with Gasteiger partial charge in [0.2, 0.25) is 0 Å². The highest BCUT2D eigenvalue weighted by Crippen LogP contribution is 2.26. The zero-order chi connectivity index (χ0) is 18.7. The molecule has 0 saturated carbocycles. The van der Waals surface area contributed by atoms with E-state index in [1.165, 1.54) is 18.2 Å². The number of Topliss-reactive ketones (excluding diaryl/α,β-unsaturated/α-hetero) is 2. The predicted molar refractivity (Wildman–Crippen MR) is 101 cm³/mol. The minimum absolute atomic E-state index is 0.152. The van der Waals surface area contributed by atoms with Crippen molar-refractivity contribution in [2.75, 3.05) is 0 Å². The molecule has 0 spiro atoms. The van der Waals surface area contributed by atoms with E-state index in [-0.39, 0.29) is 10.6 Å². The summed E-state index contributed by atoms with van der Waals surface area (Å²) in [6, 6.07) is 10.1. The van der Waals surface area contributed by atoms with Crippen LogP contribution in [0.4, 0.5) is 0 Å². The van der Waals surface area contributed by atoms with Gasteiger partial charge in [-0.15, -0.1) is 11.6 Å². The first-order valence-corrected chi connectivity index (χ1v) is 8.81. The number of ketones is 2. The second kappa shape index (κ2) is 8.22. The molecule has 3 nitrogen and oxygen atoms in total. The zero-order valence-electron chi connectivity index (χ0n) is 14.0. The third-order valence-electron chi connectivity index (χ3n) is 3.78. The lowest BCUT2D eigenvalue weighted by atomic mass is 10.0. The maximum atomic E-state index is 12.5. The van der Waals surface area contributed by atoms with E-state index in [0.29, 0.717) is 10.8 Å². The fourth-order valence-electron chi connectivity index (χ4n) is 2.38. The first kappa shape index (κ1) is 19.8. The predicted octanol–water partition coefficient (Wildman–Crippen LogP) is 5.44. The van der Waals surface area contributed by atoms with Crippen molar-refractivity contribution in [3.8, 4) is 5.75 Å².